The fourth-order valence-electron chi connectivity index (χ4n) is 4.84. The second-order valence-corrected chi connectivity index (χ2v) is 9.06. The van der Waals surface area contributed by atoms with Crippen LogP contribution in [0.15, 0.2) is 58.1 Å². The van der Waals surface area contributed by atoms with Gasteiger partial charge in [-0.1, -0.05) is 30.3 Å². The van der Waals surface area contributed by atoms with Gasteiger partial charge in [-0.25, -0.2) is 4.99 Å². The molecule has 2 aliphatic rings. The highest BCUT2D eigenvalue weighted by Gasteiger charge is 2.40. The van der Waals surface area contributed by atoms with Crippen molar-refractivity contribution in [3.05, 3.63) is 60.1 Å². The van der Waals surface area contributed by atoms with E-state index in [0.717, 1.165) is 31.6 Å². The molecule has 0 spiro atoms. The quantitative estimate of drug-likeness (QED) is 0.292. The third-order valence-electron chi connectivity index (χ3n) is 6.55. The van der Waals surface area contributed by atoms with E-state index in [9.17, 15) is 4.79 Å². The summed E-state index contributed by atoms with van der Waals surface area (Å²) < 4.78 is 5.43. The standard InChI is InChI=1S/C25H35N5O2.HI/c1-29(2)24(31)17-27-25(26-13-12-23-9-6-14-32-23)28-20-15-21-10-11-22(16-20)30(21)18-19-7-4-3-5-8-19;/h3-9,14,20-22H,10-13,15-18H2,1-2H3,(H2,26,27,28);1H. The Morgan fingerprint density at radius 1 is 1.12 bits per heavy atom. The Labute approximate surface area is 214 Å². The van der Waals surface area contributed by atoms with Crippen LogP contribution in [-0.2, 0) is 17.8 Å². The minimum atomic E-state index is -0.00474. The maximum atomic E-state index is 12.1. The summed E-state index contributed by atoms with van der Waals surface area (Å²) >= 11 is 0. The molecule has 2 fully saturated rings. The third kappa shape index (κ3) is 7.20. The van der Waals surface area contributed by atoms with Crippen LogP contribution in [0.5, 0.6) is 0 Å². The predicted octanol–water partition coefficient (Wildman–Crippen LogP) is 3.26. The highest BCUT2D eigenvalue weighted by molar-refractivity contribution is 14.0. The summed E-state index contributed by atoms with van der Waals surface area (Å²) in [4.78, 5) is 20.9. The number of fused-ring (bicyclic) bond motifs is 2. The maximum absolute atomic E-state index is 12.1. The number of likely N-dealkylation sites (N-methyl/N-ethyl adjacent to an activating group) is 1. The fraction of sp³-hybridized carbons (Fsp3) is 0.520. The highest BCUT2D eigenvalue weighted by Crippen LogP contribution is 2.36. The summed E-state index contributed by atoms with van der Waals surface area (Å²) in [6, 6.07) is 16.2. The largest absolute Gasteiger partial charge is 0.469 e. The Morgan fingerprint density at radius 2 is 1.85 bits per heavy atom. The number of carbonyl (C=O) groups is 1. The summed E-state index contributed by atoms with van der Waals surface area (Å²) in [7, 11) is 3.52. The molecule has 2 atom stereocenters. The molecule has 2 bridgehead atoms. The maximum Gasteiger partial charge on any atom is 0.243 e. The number of hydrogen-bond acceptors (Lipinski definition) is 4. The van der Waals surface area contributed by atoms with Gasteiger partial charge in [0.1, 0.15) is 12.3 Å². The minimum Gasteiger partial charge on any atom is -0.469 e. The minimum absolute atomic E-state index is 0. The Kier molecular flexibility index (Phi) is 9.61. The molecule has 33 heavy (non-hydrogen) atoms. The van der Waals surface area contributed by atoms with Gasteiger partial charge in [0, 0.05) is 51.7 Å². The number of furan rings is 1. The first-order valence-electron chi connectivity index (χ1n) is 11.7. The smallest absolute Gasteiger partial charge is 0.243 e. The number of piperidine rings is 1. The Hall–Kier alpha value is -2.07. The number of nitrogens with one attached hydrogen (secondary N) is 2. The van der Waals surface area contributed by atoms with Gasteiger partial charge < -0.3 is 20.0 Å². The van der Waals surface area contributed by atoms with Gasteiger partial charge >= 0.3 is 0 Å². The first kappa shape index (κ1) is 25.6. The molecule has 2 unspecified atom stereocenters. The zero-order chi connectivity index (χ0) is 22.3. The van der Waals surface area contributed by atoms with Gasteiger partial charge in [-0.05, 0) is 43.4 Å². The van der Waals surface area contributed by atoms with Crippen molar-refractivity contribution in [2.45, 2.75) is 56.8 Å². The van der Waals surface area contributed by atoms with Crippen molar-refractivity contribution in [1.82, 2.24) is 20.4 Å². The molecule has 180 valence electrons. The normalized spacial score (nSPS) is 22.5. The SMILES string of the molecule is CN(C)C(=O)CN=C(NCCc1ccco1)NC1CC2CCC(C1)N2Cc1ccccc1.I. The summed E-state index contributed by atoms with van der Waals surface area (Å²) in [5.74, 6) is 1.65. The van der Waals surface area contributed by atoms with E-state index in [1.165, 1.54) is 18.4 Å². The van der Waals surface area contributed by atoms with Crippen LogP contribution >= 0.6 is 24.0 Å². The van der Waals surface area contributed by atoms with E-state index in [4.69, 9.17) is 4.42 Å². The van der Waals surface area contributed by atoms with E-state index < -0.39 is 0 Å². The molecule has 0 aliphatic carbocycles. The van der Waals surface area contributed by atoms with E-state index in [1.807, 2.05) is 12.1 Å². The molecule has 2 aliphatic heterocycles. The summed E-state index contributed by atoms with van der Waals surface area (Å²) in [5.41, 5.74) is 1.39. The van der Waals surface area contributed by atoms with Gasteiger partial charge in [0.25, 0.3) is 0 Å². The molecule has 7 nitrogen and oxygen atoms in total. The van der Waals surface area contributed by atoms with E-state index >= 15 is 0 Å². The lowest BCUT2D eigenvalue weighted by molar-refractivity contribution is -0.127. The molecule has 4 rings (SSSR count). The second kappa shape index (κ2) is 12.4. The molecule has 2 aromatic rings. The molecule has 2 N–H and O–H groups in total. The zero-order valence-corrected chi connectivity index (χ0v) is 21.9. The molecular formula is C25H36IN5O2. The van der Waals surface area contributed by atoms with Gasteiger partial charge in [-0.15, -0.1) is 24.0 Å². The van der Waals surface area contributed by atoms with Gasteiger partial charge in [-0.2, -0.15) is 0 Å². The molecule has 1 aromatic carbocycles. The molecule has 2 saturated heterocycles. The number of nitrogens with zero attached hydrogens (tertiary/aromatic N) is 3. The molecule has 1 aromatic heterocycles. The predicted molar refractivity (Wildman–Crippen MR) is 142 cm³/mol. The van der Waals surface area contributed by atoms with Crippen molar-refractivity contribution >= 4 is 35.8 Å². The van der Waals surface area contributed by atoms with Crippen molar-refractivity contribution in [2.24, 2.45) is 4.99 Å². The van der Waals surface area contributed by atoms with Crippen molar-refractivity contribution < 1.29 is 9.21 Å². The molecular weight excluding hydrogens is 529 g/mol. The molecule has 0 radical (unpaired) electrons. The highest BCUT2D eigenvalue weighted by atomic mass is 127. The Morgan fingerprint density at radius 3 is 2.48 bits per heavy atom. The Balaban J connectivity index is 0.00000306. The molecule has 8 heteroatoms. The first-order chi connectivity index (χ1) is 15.6. The van der Waals surface area contributed by atoms with Crippen LogP contribution < -0.4 is 10.6 Å². The van der Waals surface area contributed by atoms with Crippen molar-refractivity contribution in [3.63, 3.8) is 0 Å². The zero-order valence-electron chi connectivity index (χ0n) is 19.6. The summed E-state index contributed by atoms with van der Waals surface area (Å²) in [6.45, 7) is 1.88. The van der Waals surface area contributed by atoms with Gasteiger partial charge in [0.2, 0.25) is 5.91 Å². The average molecular weight is 566 g/mol. The van der Waals surface area contributed by atoms with Crippen LogP contribution in [0.3, 0.4) is 0 Å². The monoisotopic (exact) mass is 565 g/mol. The first-order valence-corrected chi connectivity index (χ1v) is 11.7. The second-order valence-electron chi connectivity index (χ2n) is 9.06. The topological polar surface area (TPSA) is 73.1 Å². The Bertz CT molecular complexity index is 873. The number of aliphatic imine (C=N–C) groups is 1. The third-order valence-corrected chi connectivity index (χ3v) is 6.55. The lowest BCUT2D eigenvalue weighted by Crippen LogP contribution is -2.52. The van der Waals surface area contributed by atoms with Crippen molar-refractivity contribution in [2.75, 3.05) is 27.2 Å². The van der Waals surface area contributed by atoms with Crippen LogP contribution in [0.25, 0.3) is 0 Å². The van der Waals surface area contributed by atoms with Crippen LogP contribution in [0.2, 0.25) is 0 Å². The number of amides is 1. The van der Waals surface area contributed by atoms with E-state index in [0.29, 0.717) is 30.6 Å². The van der Waals surface area contributed by atoms with E-state index in [-0.39, 0.29) is 36.4 Å². The summed E-state index contributed by atoms with van der Waals surface area (Å²) in [6.07, 6.45) is 7.18. The van der Waals surface area contributed by atoms with Gasteiger partial charge in [0.05, 0.1) is 6.26 Å². The number of benzene rings is 1. The van der Waals surface area contributed by atoms with Crippen LogP contribution in [-0.4, -0.2) is 67.0 Å². The van der Waals surface area contributed by atoms with Crippen LogP contribution in [0.1, 0.15) is 37.0 Å². The van der Waals surface area contributed by atoms with Crippen molar-refractivity contribution in [1.29, 1.82) is 0 Å². The number of rotatable bonds is 8. The van der Waals surface area contributed by atoms with E-state index in [1.54, 1.807) is 25.3 Å². The fourth-order valence-corrected chi connectivity index (χ4v) is 4.84. The molecule has 1 amide bonds. The average Bonchev–Trinajstić information content (AvgIpc) is 3.38. The van der Waals surface area contributed by atoms with Crippen molar-refractivity contribution in [3.8, 4) is 0 Å². The van der Waals surface area contributed by atoms with Crippen LogP contribution in [0, 0.1) is 0 Å². The number of carbonyl (C=O) groups excluding carboxylic acids is 1. The molecule has 0 saturated carbocycles. The number of hydrogen-bond donors (Lipinski definition) is 2. The van der Waals surface area contributed by atoms with Gasteiger partial charge in [0.15, 0.2) is 5.96 Å². The van der Waals surface area contributed by atoms with E-state index in [2.05, 4.69) is 50.9 Å². The lowest BCUT2D eigenvalue weighted by atomic mass is 9.96. The molecule has 3 heterocycles. The van der Waals surface area contributed by atoms with Gasteiger partial charge in [-0.3, -0.25) is 9.69 Å². The lowest BCUT2D eigenvalue weighted by Gasteiger charge is -2.39. The summed E-state index contributed by atoms with van der Waals surface area (Å²) in [5, 5.41) is 7.02. The van der Waals surface area contributed by atoms with Crippen LogP contribution in [0.4, 0.5) is 0 Å². The number of halogens is 1. The number of guanidine groups is 1.